The highest BCUT2D eigenvalue weighted by atomic mass is 35.5. The number of hydrogen-bond donors (Lipinski definition) is 0. The Balaban J connectivity index is 1.97. The maximum atomic E-state index is 6.13. The van der Waals surface area contributed by atoms with Crippen molar-refractivity contribution in [2.45, 2.75) is 12.5 Å². The Hall–Kier alpha value is -1.91. The van der Waals surface area contributed by atoms with Gasteiger partial charge in [0.25, 0.3) is 0 Å². The van der Waals surface area contributed by atoms with Gasteiger partial charge < -0.3 is 9.30 Å². The number of pyridine rings is 1. The van der Waals surface area contributed by atoms with E-state index in [1.165, 1.54) is 0 Å². The second-order valence-corrected chi connectivity index (χ2v) is 5.62. The van der Waals surface area contributed by atoms with E-state index in [0.717, 1.165) is 35.6 Å². The largest absolute Gasteiger partial charge is 0.379 e. The smallest absolute Gasteiger partial charge is 0.160 e. The van der Waals surface area contributed by atoms with Crippen LogP contribution in [0, 0.1) is 0 Å². The summed E-state index contributed by atoms with van der Waals surface area (Å²) in [5.41, 5.74) is 2.81. The van der Waals surface area contributed by atoms with E-state index in [2.05, 4.69) is 9.55 Å². The lowest BCUT2D eigenvalue weighted by Gasteiger charge is -2.14. The number of rotatable bonds is 2. The number of imidazole rings is 1. The molecule has 0 N–H and O–H groups in total. The quantitative estimate of drug-likeness (QED) is 0.724. The molecule has 1 unspecified atom stereocenters. The standard InChI is InChI=1S/C16H14ClN3O/c17-12-4-1-3-11(9-12)15-19-14-5-2-7-18-16(14)20(15)13-6-8-21-10-13/h1-5,7,9,13H,6,8,10H2. The molecule has 1 fully saturated rings. The maximum Gasteiger partial charge on any atom is 0.160 e. The first-order valence-electron chi connectivity index (χ1n) is 6.99. The minimum absolute atomic E-state index is 0.277. The van der Waals surface area contributed by atoms with Crippen LogP contribution in [0.25, 0.3) is 22.6 Å². The van der Waals surface area contributed by atoms with Crippen LogP contribution in [0.5, 0.6) is 0 Å². The second-order valence-electron chi connectivity index (χ2n) is 5.18. The molecule has 0 bridgehead atoms. The van der Waals surface area contributed by atoms with Crippen LogP contribution in [0.2, 0.25) is 5.02 Å². The van der Waals surface area contributed by atoms with E-state index in [1.54, 1.807) is 6.20 Å². The number of benzene rings is 1. The van der Waals surface area contributed by atoms with Gasteiger partial charge in [-0.2, -0.15) is 0 Å². The second kappa shape index (κ2) is 5.13. The molecule has 0 aliphatic carbocycles. The van der Waals surface area contributed by atoms with E-state index in [0.29, 0.717) is 11.6 Å². The molecule has 0 amide bonds. The summed E-state index contributed by atoms with van der Waals surface area (Å²) in [5, 5.41) is 0.710. The number of fused-ring (bicyclic) bond motifs is 1. The lowest BCUT2D eigenvalue weighted by molar-refractivity contribution is 0.187. The summed E-state index contributed by atoms with van der Waals surface area (Å²) in [4.78, 5) is 9.26. The molecule has 1 atom stereocenters. The van der Waals surface area contributed by atoms with Crippen molar-refractivity contribution in [1.82, 2.24) is 14.5 Å². The minimum Gasteiger partial charge on any atom is -0.379 e. The van der Waals surface area contributed by atoms with Crippen LogP contribution >= 0.6 is 11.6 Å². The highest BCUT2D eigenvalue weighted by Gasteiger charge is 2.24. The normalized spacial score (nSPS) is 18.4. The van der Waals surface area contributed by atoms with E-state index in [9.17, 15) is 0 Å². The molecule has 4 rings (SSSR count). The van der Waals surface area contributed by atoms with Gasteiger partial charge in [0.05, 0.1) is 12.6 Å². The monoisotopic (exact) mass is 299 g/mol. The number of halogens is 1. The number of ether oxygens (including phenoxy) is 1. The zero-order valence-corrected chi connectivity index (χ0v) is 12.1. The van der Waals surface area contributed by atoms with Gasteiger partial charge in [-0.1, -0.05) is 23.7 Å². The molecular weight excluding hydrogens is 286 g/mol. The summed E-state index contributed by atoms with van der Waals surface area (Å²) in [6, 6.07) is 12.0. The highest BCUT2D eigenvalue weighted by Crippen LogP contribution is 2.31. The molecule has 106 valence electrons. The molecule has 0 spiro atoms. The summed E-state index contributed by atoms with van der Waals surface area (Å²) in [5.74, 6) is 0.904. The fourth-order valence-electron chi connectivity index (χ4n) is 2.83. The van der Waals surface area contributed by atoms with Crippen molar-refractivity contribution in [2.24, 2.45) is 0 Å². The Morgan fingerprint density at radius 2 is 2.19 bits per heavy atom. The molecule has 1 aromatic carbocycles. The fourth-order valence-corrected chi connectivity index (χ4v) is 3.02. The van der Waals surface area contributed by atoms with E-state index in [1.807, 2.05) is 36.4 Å². The third-order valence-electron chi connectivity index (χ3n) is 3.80. The minimum atomic E-state index is 0.277. The molecule has 1 aliphatic rings. The zero-order valence-electron chi connectivity index (χ0n) is 11.4. The van der Waals surface area contributed by atoms with Gasteiger partial charge in [0, 0.05) is 23.4 Å². The molecule has 2 aromatic heterocycles. The van der Waals surface area contributed by atoms with Gasteiger partial charge in [-0.15, -0.1) is 0 Å². The Morgan fingerprint density at radius 1 is 1.24 bits per heavy atom. The van der Waals surface area contributed by atoms with Crippen LogP contribution in [-0.4, -0.2) is 27.7 Å². The summed E-state index contributed by atoms with van der Waals surface area (Å²) >= 11 is 6.13. The van der Waals surface area contributed by atoms with Crippen molar-refractivity contribution < 1.29 is 4.74 Å². The molecule has 4 nitrogen and oxygen atoms in total. The van der Waals surface area contributed by atoms with E-state index in [-0.39, 0.29) is 6.04 Å². The Bertz CT molecular complexity index is 793. The van der Waals surface area contributed by atoms with Crippen molar-refractivity contribution >= 4 is 22.8 Å². The van der Waals surface area contributed by atoms with E-state index >= 15 is 0 Å². The summed E-state index contributed by atoms with van der Waals surface area (Å²) in [6.07, 6.45) is 2.79. The third-order valence-corrected chi connectivity index (χ3v) is 4.04. The summed E-state index contributed by atoms with van der Waals surface area (Å²) < 4.78 is 7.73. The van der Waals surface area contributed by atoms with Crippen LogP contribution in [0.3, 0.4) is 0 Å². The first-order chi connectivity index (χ1) is 10.3. The SMILES string of the molecule is Clc1cccc(-c2nc3cccnc3n2C2CCOC2)c1. The van der Waals surface area contributed by atoms with Crippen molar-refractivity contribution in [1.29, 1.82) is 0 Å². The van der Waals surface area contributed by atoms with E-state index in [4.69, 9.17) is 21.3 Å². The van der Waals surface area contributed by atoms with Gasteiger partial charge in [-0.05, 0) is 30.7 Å². The molecule has 0 radical (unpaired) electrons. The Labute approximate surface area is 127 Å². The van der Waals surface area contributed by atoms with Gasteiger partial charge in [-0.25, -0.2) is 9.97 Å². The van der Waals surface area contributed by atoms with Crippen LogP contribution < -0.4 is 0 Å². The predicted molar refractivity (Wildman–Crippen MR) is 82.4 cm³/mol. The molecule has 1 aliphatic heterocycles. The first-order valence-corrected chi connectivity index (χ1v) is 7.37. The fraction of sp³-hybridized carbons (Fsp3) is 0.250. The van der Waals surface area contributed by atoms with Crippen LogP contribution in [0.15, 0.2) is 42.6 Å². The Morgan fingerprint density at radius 3 is 3.00 bits per heavy atom. The lowest BCUT2D eigenvalue weighted by atomic mass is 10.2. The third kappa shape index (κ3) is 2.20. The first kappa shape index (κ1) is 12.8. The van der Waals surface area contributed by atoms with Gasteiger partial charge in [0.15, 0.2) is 5.65 Å². The average molecular weight is 300 g/mol. The number of nitrogens with zero attached hydrogens (tertiary/aromatic N) is 3. The number of hydrogen-bond acceptors (Lipinski definition) is 3. The predicted octanol–water partition coefficient (Wildman–Crippen LogP) is 3.71. The topological polar surface area (TPSA) is 39.9 Å². The van der Waals surface area contributed by atoms with Crippen molar-refractivity contribution in [2.75, 3.05) is 13.2 Å². The Kier molecular flexibility index (Phi) is 3.13. The molecule has 0 saturated carbocycles. The zero-order chi connectivity index (χ0) is 14.2. The molecule has 21 heavy (non-hydrogen) atoms. The van der Waals surface area contributed by atoms with Crippen molar-refractivity contribution in [3.8, 4) is 11.4 Å². The van der Waals surface area contributed by atoms with Gasteiger partial charge >= 0.3 is 0 Å². The van der Waals surface area contributed by atoms with Gasteiger partial charge in [0.1, 0.15) is 11.3 Å². The molecule has 3 aromatic rings. The van der Waals surface area contributed by atoms with Crippen LogP contribution in [-0.2, 0) is 4.74 Å². The summed E-state index contributed by atoms with van der Waals surface area (Å²) in [6.45, 7) is 1.49. The highest BCUT2D eigenvalue weighted by molar-refractivity contribution is 6.30. The lowest BCUT2D eigenvalue weighted by Crippen LogP contribution is -2.10. The number of aromatic nitrogens is 3. The van der Waals surface area contributed by atoms with Crippen molar-refractivity contribution in [3.05, 3.63) is 47.6 Å². The molecular formula is C16H14ClN3O. The van der Waals surface area contributed by atoms with Crippen LogP contribution in [0.4, 0.5) is 0 Å². The van der Waals surface area contributed by atoms with Gasteiger partial charge in [0.2, 0.25) is 0 Å². The van der Waals surface area contributed by atoms with Gasteiger partial charge in [-0.3, -0.25) is 0 Å². The van der Waals surface area contributed by atoms with E-state index < -0.39 is 0 Å². The van der Waals surface area contributed by atoms with Crippen molar-refractivity contribution in [3.63, 3.8) is 0 Å². The molecule has 1 saturated heterocycles. The summed E-state index contributed by atoms with van der Waals surface area (Å²) in [7, 11) is 0. The molecule has 5 heteroatoms. The van der Waals surface area contributed by atoms with Crippen LogP contribution in [0.1, 0.15) is 12.5 Å². The maximum absolute atomic E-state index is 6.13. The molecule has 3 heterocycles. The average Bonchev–Trinajstić information content (AvgIpc) is 3.14.